The number of morpholine rings is 1. The molecule has 17 heavy (non-hydrogen) atoms. The Labute approximate surface area is 106 Å². The molecule has 2 unspecified atom stereocenters. The van der Waals surface area contributed by atoms with Gasteiger partial charge < -0.3 is 9.84 Å². The molecule has 1 rings (SSSR count). The zero-order valence-corrected chi connectivity index (χ0v) is 12.1. The monoisotopic (exact) mass is 243 g/mol. The van der Waals surface area contributed by atoms with Gasteiger partial charge in [-0.1, -0.05) is 20.3 Å². The fraction of sp³-hybridized carbons (Fsp3) is 1.00. The molecule has 0 amide bonds. The van der Waals surface area contributed by atoms with E-state index in [9.17, 15) is 5.11 Å². The molecule has 0 aromatic rings. The molecule has 0 aromatic carbocycles. The summed E-state index contributed by atoms with van der Waals surface area (Å²) in [6, 6.07) is 0. The highest BCUT2D eigenvalue weighted by atomic mass is 16.5. The van der Waals surface area contributed by atoms with Gasteiger partial charge in [-0.3, -0.25) is 4.90 Å². The third-order valence-electron chi connectivity index (χ3n) is 3.48. The smallest absolute Gasteiger partial charge is 0.0757 e. The largest absolute Gasteiger partial charge is 0.396 e. The van der Waals surface area contributed by atoms with Crippen molar-refractivity contribution in [2.45, 2.75) is 59.2 Å². The van der Waals surface area contributed by atoms with Gasteiger partial charge in [0.15, 0.2) is 0 Å². The zero-order valence-electron chi connectivity index (χ0n) is 12.1. The molecule has 0 bridgehead atoms. The van der Waals surface area contributed by atoms with Gasteiger partial charge in [0, 0.05) is 31.7 Å². The van der Waals surface area contributed by atoms with E-state index in [4.69, 9.17) is 4.74 Å². The molecule has 1 fully saturated rings. The van der Waals surface area contributed by atoms with Crippen molar-refractivity contribution in [3.63, 3.8) is 0 Å². The van der Waals surface area contributed by atoms with E-state index >= 15 is 0 Å². The van der Waals surface area contributed by atoms with Crippen LogP contribution in [0.3, 0.4) is 0 Å². The third kappa shape index (κ3) is 4.57. The van der Waals surface area contributed by atoms with Crippen LogP contribution in [0, 0.1) is 5.41 Å². The maximum absolute atomic E-state index is 9.59. The van der Waals surface area contributed by atoms with E-state index in [0.717, 1.165) is 32.5 Å². The summed E-state index contributed by atoms with van der Waals surface area (Å²) in [7, 11) is 0. The highest BCUT2D eigenvalue weighted by Gasteiger charge is 2.34. The molecule has 2 atom stereocenters. The summed E-state index contributed by atoms with van der Waals surface area (Å²) in [5, 5.41) is 9.59. The number of nitrogens with zero attached hydrogens (tertiary/aromatic N) is 1. The van der Waals surface area contributed by atoms with Crippen molar-refractivity contribution in [2.24, 2.45) is 5.41 Å². The van der Waals surface area contributed by atoms with E-state index < -0.39 is 0 Å². The number of aliphatic hydroxyl groups is 1. The first-order valence-corrected chi connectivity index (χ1v) is 6.81. The Kier molecular flexibility index (Phi) is 4.99. The molecule has 1 aliphatic rings. The summed E-state index contributed by atoms with van der Waals surface area (Å²) in [4.78, 5) is 2.44. The number of hydrogen-bond donors (Lipinski definition) is 1. The van der Waals surface area contributed by atoms with Gasteiger partial charge in [0.1, 0.15) is 0 Å². The molecule has 0 spiro atoms. The first-order chi connectivity index (χ1) is 7.80. The van der Waals surface area contributed by atoms with E-state index in [-0.39, 0.29) is 23.7 Å². The lowest BCUT2D eigenvalue weighted by Gasteiger charge is -2.44. The van der Waals surface area contributed by atoms with Crippen LogP contribution >= 0.6 is 0 Å². The second-order valence-corrected chi connectivity index (χ2v) is 6.58. The molecular formula is C14H29NO2. The van der Waals surface area contributed by atoms with Gasteiger partial charge in [-0.2, -0.15) is 0 Å². The van der Waals surface area contributed by atoms with Crippen LogP contribution in [0.1, 0.15) is 47.5 Å². The number of aliphatic hydroxyl groups excluding tert-OH is 1. The van der Waals surface area contributed by atoms with Gasteiger partial charge in [-0.25, -0.2) is 0 Å². The van der Waals surface area contributed by atoms with Crippen LogP contribution < -0.4 is 0 Å². The summed E-state index contributed by atoms with van der Waals surface area (Å²) < 4.78 is 5.91. The minimum atomic E-state index is -0.0692. The van der Waals surface area contributed by atoms with Crippen molar-refractivity contribution < 1.29 is 9.84 Å². The van der Waals surface area contributed by atoms with Gasteiger partial charge >= 0.3 is 0 Å². The summed E-state index contributed by atoms with van der Waals surface area (Å²) in [6.07, 6.45) is 2.49. The van der Waals surface area contributed by atoms with E-state index in [1.807, 2.05) is 0 Å². The summed E-state index contributed by atoms with van der Waals surface area (Å²) in [6.45, 7) is 14.0. The normalized spacial score (nSPS) is 28.9. The van der Waals surface area contributed by atoms with Crippen LogP contribution in [-0.2, 0) is 4.74 Å². The Bertz CT molecular complexity index is 242. The topological polar surface area (TPSA) is 32.7 Å². The highest BCUT2D eigenvalue weighted by molar-refractivity contribution is 4.86. The third-order valence-corrected chi connectivity index (χ3v) is 3.48. The number of hydrogen-bond acceptors (Lipinski definition) is 3. The molecule has 1 aliphatic heterocycles. The van der Waals surface area contributed by atoms with Gasteiger partial charge in [0.05, 0.1) is 11.7 Å². The van der Waals surface area contributed by atoms with Gasteiger partial charge in [0.25, 0.3) is 0 Å². The average molecular weight is 243 g/mol. The molecule has 1 heterocycles. The lowest BCUT2D eigenvalue weighted by molar-refractivity contribution is -0.136. The van der Waals surface area contributed by atoms with Crippen LogP contribution in [0.5, 0.6) is 0 Å². The quantitative estimate of drug-likeness (QED) is 0.804. The second kappa shape index (κ2) is 5.68. The summed E-state index contributed by atoms with van der Waals surface area (Å²) >= 11 is 0. The fourth-order valence-corrected chi connectivity index (χ4v) is 3.06. The van der Waals surface area contributed by atoms with Crippen molar-refractivity contribution in [2.75, 3.05) is 26.2 Å². The summed E-state index contributed by atoms with van der Waals surface area (Å²) in [5.74, 6) is 0. The minimum absolute atomic E-state index is 0.0297. The Hall–Kier alpha value is -0.120. The van der Waals surface area contributed by atoms with Crippen LogP contribution in [0.25, 0.3) is 0 Å². The predicted octanol–water partition coefficient (Wildman–Crippen LogP) is 2.28. The van der Waals surface area contributed by atoms with Crippen molar-refractivity contribution in [3.8, 4) is 0 Å². The van der Waals surface area contributed by atoms with Crippen LogP contribution in [-0.4, -0.2) is 48.0 Å². The van der Waals surface area contributed by atoms with Crippen LogP contribution in [0.15, 0.2) is 0 Å². The maximum atomic E-state index is 9.59. The van der Waals surface area contributed by atoms with E-state index in [1.165, 1.54) is 0 Å². The lowest BCUT2D eigenvalue weighted by Crippen LogP contribution is -2.54. The molecule has 102 valence electrons. The van der Waals surface area contributed by atoms with Crippen molar-refractivity contribution in [1.82, 2.24) is 4.90 Å². The summed E-state index contributed by atoms with van der Waals surface area (Å²) in [5.41, 5.74) is -0.0395. The molecule has 0 saturated carbocycles. The van der Waals surface area contributed by atoms with Crippen molar-refractivity contribution in [1.29, 1.82) is 0 Å². The zero-order chi connectivity index (χ0) is 13.1. The molecule has 0 aromatic heterocycles. The number of rotatable bonds is 5. The maximum Gasteiger partial charge on any atom is 0.0757 e. The standard InChI is InChI=1S/C14H29NO2/c1-6-7-14(5,11-16)10-15-8-12(2)17-13(3,4)9-15/h12,16H,6-11H2,1-5H3. The van der Waals surface area contributed by atoms with E-state index in [0.29, 0.717) is 0 Å². The first kappa shape index (κ1) is 14.9. The molecule has 3 heteroatoms. The lowest BCUT2D eigenvalue weighted by atomic mass is 9.85. The molecular weight excluding hydrogens is 214 g/mol. The average Bonchev–Trinajstić information content (AvgIpc) is 2.14. The Morgan fingerprint density at radius 1 is 1.47 bits per heavy atom. The second-order valence-electron chi connectivity index (χ2n) is 6.58. The van der Waals surface area contributed by atoms with Gasteiger partial charge in [-0.15, -0.1) is 0 Å². The van der Waals surface area contributed by atoms with Gasteiger partial charge in [0.2, 0.25) is 0 Å². The fourth-order valence-electron chi connectivity index (χ4n) is 3.06. The highest BCUT2D eigenvalue weighted by Crippen LogP contribution is 2.28. The molecule has 1 saturated heterocycles. The first-order valence-electron chi connectivity index (χ1n) is 6.81. The van der Waals surface area contributed by atoms with Crippen LogP contribution in [0.2, 0.25) is 0 Å². The predicted molar refractivity (Wildman–Crippen MR) is 71.2 cm³/mol. The molecule has 0 aliphatic carbocycles. The SMILES string of the molecule is CCCC(C)(CO)CN1CC(C)OC(C)(C)C1. The Morgan fingerprint density at radius 2 is 2.12 bits per heavy atom. The van der Waals surface area contributed by atoms with Crippen LogP contribution in [0.4, 0.5) is 0 Å². The minimum Gasteiger partial charge on any atom is -0.396 e. The van der Waals surface area contributed by atoms with E-state index in [2.05, 4.69) is 39.5 Å². The number of ether oxygens (including phenoxy) is 1. The van der Waals surface area contributed by atoms with Crippen molar-refractivity contribution in [3.05, 3.63) is 0 Å². The molecule has 0 radical (unpaired) electrons. The Morgan fingerprint density at radius 3 is 2.59 bits per heavy atom. The molecule has 3 nitrogen and oxygen atoms in total. The van der Waals surface area contributed by atoms with Crippen molar-refractivity contribution >= 4 is 0 Å². The molecule has 1 N–H and O–H groups in total. The van der Waals surface area contributed by atoms with Gasteiger partial charge in [-0.05, 0) is 27.2 Å². The Balaban J connectivity index is 2.60. The van der Waals surface area contributed by atoms with E-state index in [1.54, 1.807) is 0 Å².